The van der Waals surface area contributed by atoms with E-state index in [2.05, 4.69) is 10.7 Å². The smallest absolute Gasteiger partial charge is 0.317 e. The number of nitrogens with one attached hydrogen (secondary N) is 2. The van der Waals surface area contributed by atoms with Gasteiger partial charge >= 0.3 is 6.03 Å². The Kier molecular flexibility index (Phi) is 5.29. The lowest BCUT2D eigenvalue weighted by atomic mass is 10.1. The largest absolute Gasteiger partial charge is 0.504 e. The number of rotatable bonds is 4. The van der Waals surface area contributed by atoms with Gasteiger partial charge in [0.25, 0.3) is 5.91 Å². The number of aromatic hydroxyl groups is 2. The van der Waals surface area contributed by atoms with Crippen molar-refractivity contribution in [1.29, 1.82) is 0 Å². The van der Waals surface area contributed by atoms with E-state index in [0.717, 1.165) is 43.7 Å². The standard InChI is InChI=1S/C17H20N4O4S/c18-17(25)19-16-11(15(24)20-21-6-2-1-3-7-21)9-14(26-16)10-4-5-12(22)13(23)8-10/h4-5,8-9,22-23H,1-3,6-7H2,(H,20,24)(H3,18,19,25). The van der Waals surface area contributed by atoms with Crippen molar-refractivity contribution in [3.05, 3.63) is 29.8 Å². The quantitative estimate of drug-likeness (QED) is 0.524. The summed E-state index contributed by atoms with van der Waals surface area (Å²) in [4.78, 5) is 24.6. The zero-order valence-corrected chi connectivity index (χ0v) is 14.8. The molecule has 1 aliphatic heterocycles. The van der Waals surface area contributed by atoms with Gasteiger partial charge in [-0.2, -0.15) is 0 Å². The van der Waals surface area contributed by atoms with E-state index in [1.807, 2.05) is 5.01 Å². The minimum absolute atomic E-state index is 0.233. The zero-order valence-electron chi connectivity index (χ0n) is 14.0. The third kappa shape index (κ3) is 4.06. The Morgan fingerprint density at radius 1 is 1.08 bits per heavy atom. The first kappa shape index (κ1) is 18.0. The summed E-state index contributed by atoms with van der Waals surface area (Å²) in [6.07, 6.45) is 3.19. The third-order valence-electron chi connectivity index (χ3n) is 4.09. The van der Waals surface area contributed by atoms with E-state index < -0.39 is 6.03 Å². The molecule has 3 rings (SSSR count). The van der Waals surface area contributed by atoms with Crippen LogP contribution in [0.5, 0.6) is 11.5 Å². The fourth-order valence-electron chi connectivity index (χ4n) is 2.79. The fraction of sp³-hybridized carbons (Fsp3) is 0.294. The van der Waals surface area contributed by atoms with E-state index in [-0.39, 0.29) is 17.4 Å². The van der Waals surface area contributed by atoms with Gasteiger partial charge in [0.05, 0.1) is 5.56 Å². The lowest BCUT2D eigenvalue weighted by molar-refractivity contribution is 0.0751. The highest BCUT2D eigenvalue weighted by Crippen LogP contribution is 2.38. The number of urea groups is 1. The van der Waals surface area contributed by atoms with Crippen LogP contribution in [0.25, 0.3) is 10.4 Å². The molecule has 1 aromatic carbocycles. The summed E-state index contributed by atoms with van der Waals surface area (Å²) in [7, 11) is 0. The number of anilines is 1. The zero-order chi connectivity index (χ0) is 18.7. The number of phenolic OH excluding ortho intramolecular Hbond substituents is 2. The molecule has 0 saturated carbocycles. The number of phenols is 2. The Balaban J connectivity index is 1.89. The molecule has 9 heteroatoms. The summed E-state index contributed by atoms with van der Waals surface area (Å²) in [5.74, 6) is -0.829. The fourth-order valence-corrected chi connectivity index (χ4v) is 3.85. The number of hydrogen-bond donors (Lipinski definition) is 5. The van der Waals surface area contributed by atoms with E-state index in [1.54, 1.807) is 12.1 Å². The van der Waals surface area contributed by atoms with Gasteiger partial charge in [-0.15, -0.1) is 11.3 Å². The summed E-state index contributed by atoms with van der Waals surface area (Å²) in [5, 5.41) is 23.8. The third-order valence-corrected chi connectivity index (χ3v) is 5.19. The molecule has 26 heavy (non-hydrogen) atoms. The van der Waals surface area contributed by atoms with Gasteiger partial charge in [0.2, 0.25) is 0 Å². The van der Waals surface area contributed by atoms with Crippen LogP contribution < -0.4 is 16.5 Å². The monoisotopic (exact) mass is 376 g/mol. The molecule has 0 spiro atoms. The summed E-state index contributed by atoms with van der Waals surface area (Å²) < 4.78 is 0. The molecule has 0 atom stereocenters. The molecule has 2 aromatic rings. The number of primary amides is 1. The predicted octanol–water partition coefficient (Wildman–Crippen LogP) is 2.45. The molecule has 0 bridgehead atoms. The maximum atomic E-state index is 12.7. The molecule has 6 N–H and O–H groups in total. The van der Waals surface area contributed by atoms with Gasteiger partial charge < -0.3 is 15.9 Å². The molecular weight excluding hydrogens is 356 g/mol. The normalized spacial score (nSPS) is 14.8. The van der Waals surface area contributed by atoms with E-state index in [1.165, 1.54) is 12.1 Å². The highest BCUT2D eigenvalue weighted by Gasteiger charge is 2.21. The van der Waals surface area contributed by atoms with Crippen LogP contribution in [-0.2, 0) is 0 Å². The Labute approximate surface area is 154 Å². The van der Waals surface area contributed by atoms with Crippen molar-refractivity contribution in [1.82, 2.24) is 10.4 Å². The van der Waals surface area contributed by atoms with Gasteiger partial charge in [-0.05, 0) is 42.7 Å². The van der Waals surface area contributed by atoms with Gasteiger partial charge in [0.1, 0.15) is 5.00 Å². The summed E-state index contributed by atoms with van der Waals surface area (Å²) >= 11 is 1.16. The van der Waals surface area contributed by atoms with Crippen LogP contribution in [0, 0.1) is 0 Å². The van der Waals surface area contributed by atoms with Crippen LogP contribution in [-0.4, -0.2) is 40.2 Å². The number of nitrogens with zero attached hydrogens (tertiary/aromatic N) is 1. The summed E-state index contributed by atoms with van der Waals surface area (Å²) in [6, 6.07) is 5.22. The van der Waals surface area contributed by atoms with Crippen molar-refractivity contribution < 1.29 is 19.8 Å². The predicted molar refractivity (Wildman–Crippen MR) is 99.2 cm³/mol. The summed E-state index contributed by atoms with van der Waals surface area (Å²) in [6.45, 7) is 1.57. The summed E-state index contributed by atoms with van der Waals surface area (Å²) in [5.41, 5.74) is 8.96. The van der Waals surface area contributed by atoms with Crippen molar-refractivity contribution >= 4 is 28.3 Å². The lowest BCUT2D eigenvalue weighted by Crippen LogP contribution is -2.45. The Morgan fingerprint density at radius 3 is 2.46 bits per heavy atom. The number of piperidine rings is 1. The van der Waals surface area contributed by atoms with Gasteiger partial charge in [-0.1, -0.05) is 6.42 Å². The second-order valence-electron chi connectivity index (χ2n) is 6.03. The molecule has 1 aliphatic rings. The van der Waals surface area contributed by atoms with Crippen LogP contribution in [0.4, 0.5) is 9.80 Å². The molecular formula is C17H20N4O4S. The van der Waals surface area contributed by atoms with Gasteiger partial charge in [0.15, 0.2) is 11.5 Å². The van der Waals surface area contributed by atoms with Crippen LogP contribution in [0.2, 0.25) is 0 Å². The molecule has 3 amide bonds. The van der Waals surface area contributed by atoms with Gasteiger partial charge in [0, 0.05) is 18.0 Å². The second-order valence-corrected chi connectivity index (χ2v) is 7.09. The minimum Gasteiger partial charge on any atom is -0.504 e. The van der Waals surface area contributed by atoms with Crippen molar-refractivity contribution in [2.45, 2.75) is 19.3 Å². The number of hydrazine groups is 1. The molecule has 2 heterocycles. The van der Waals surface area contributed by atoms with E-state index >= 15 is 0 Å². The van der Waals surface area contributed by atoms with E-state index in [0.29, 0.717) is 21.0 Å². The SMILES string of the molecule is NC(=O)Nc1sc(-c2ccc(O)c(O)c2)cc1C(=O)NN1CCCCC1. The van der Waals surface area contributed by atoms with E-state index in [4.69, 9.17) is 5.73 Å². The van der Waals surface area contributed by atoms with Crippen molar-refractivity contribution in [2.24, 2.45) is 5.73 Å². The molecule has 8 nitrogen and oxygen atoms in total. The Hall–Kier alpha value is -2.78. The molecule has 1 aromatic heterocycles. The molecule has 0 aliphatic carbocycles. The maximum absolute atomic E-state index is 12.7. The highest BCUT2D eigenvalue weighted by atomic mass is 32.1. The first-order valence-electron chi connectivity index (χ1n) is 8.22. The number of hydrogen-bond acceptors (Lipinski definition) is 6. The highest BCUT2D eigenvalue weighted by molar-refractivity contribution is 7.20. The number of carbonyl (C=O) groups excluding carboxylic acids is 2. The van der Waals surface area contributed by atoms with Crippen LogP contribution >= 0.6 is 11.3 Å². The van der Waals surface area contributed by atoms with Crippen molar-refractivity contribution in [3.8, 4) is 21.9 Å². The number of nitrogens with two attached hydrogens (primary N) is 1. The Morgan fingerprint density at radius 2 is 1.81 bits per heavy atom. The minimum atomic E-state index is -0.765. The molecule has 138 valence electrons. The van der Waals surface area contributed by atoms with Crippen LogP contribution in [0.1, 0.15) is 29.6 Å². The topological polar surface area (TPSA) is 128 Å². The molecule has 0 unspecified atom stereocenters. The molecule has 1 fully saturated rings. The second kappa shape index (κ2) is 7.63. The van der Waals surface area contributed by atoms with Crippen LogP contribution in [0.15, 0.2) is 24.3 Å². The van der Waals surface area contributed by atoms with E-state index in [9.17, 15) is 19.8 Å². The number of carbonyl (C=O) groups is 2. The van der Waals surface area contributed by atoms with Crippen molar-refractivity contribution in [2.75, 3.05) is 18.4 Å². The van der Waals surface area contributed by atoms with Crippen LogP contribution in [0.3, 0.4) is 0 Å². The van der Waals surface area contributed by atoms with Gasteiger partial charge in [-0.3, -0.25) is 15.5 Å². The number of thiophene rings is 1. The first-order valence-corrected chi connectivity index (χ1v) is 9.04. The first-order chi connectivity index (χ1) is 12.4. The lowest BCUT2D eigenvalue weighted by Gasteiger charge is -2.26. The average Bonchev–Trinajstić information content (AvgIpc) is 3.01. The Bertz CT molecular complexity index is 830. The average molecular weight is 376 g/mol. The van der Waals surface area contributed by atoms with Crippen molar-refractivity contribution in [3.63, 3.8) is 0 Å². The van der Waals surface area contributed by atoms with Gasteiger partial charge in [-0.25, -0.2) is 9.80 Å². The maximum Gasteiger partial charge on any atom is 0.317 e. The molecule has 0 radical (unpaired) electrons. The number of amides is 3. The number of benzene rings is 1. The molecule has 1 saturated heterocycles.